The summed E-state index contributed by atoms with van der Waals surface area (Å²) >= 11 is 0. The first-order valence-corrected chi connectivity index (χ1v) is 4.68. The van der Waals surface area contributed by atoms with Gasteiger partial charge >= 0.3 is 5.97 Å². The minimum atomic E-state index is -1.15. The highest BCUT2D eigenvalue weighted by molar-refractivity contribution is 5.74. The molecule has 9 nitrogen and oxygen atoms in total. The number of imidazole rings is 1. The van der Waals surface area contributed by atoms with Crippen molar-refractivity contribution < 1.29 is 9.90 Å². The van der Waals surface area contributed by atoms with Gasteiger partial charge in [0, 0.05) is 0 Å². The Morgan fingerprint density at radius 2 is 2.35 bits per heavy atom. The molecule has 1 unspecified atom stereocenters. The zero-order valence-electron chi connectivity index (χ0n) is 8.62. The summed E-state index contributed by atoms with van der Waals surface area (Å²) in [5.41, 5.74) is 10.6. The van der Waals surface area contributed by atoms with Gasteiger partial charge in [0.1, 0.15) is 6.04 Å². The lowest BCUT2D eigenvalue weighted by atomic mass is 10.3. The highest BCUT2D eigenvalue weighted by atomic mass is 16.4. The number of aromatic amines is 1. The Kier molecular flexibility index (Phi) is 2.52. The van der Waals surface area contributed by atoms with Gasteiger partial charge < -0.3 is 21.1 Å². The van der Waals surface area contributed by atoms with E-state index in [0.29, 0.717) is 0 Å². The van der Waals surface area contributed by atoms with Gasteiger partial charge in [-0.05, 0) is 0 Å². The van der Waals surface area contributed by atoms with Gasteiger partial charge in [0.25, 0.3) is 5.56 Å². The fraction of sp³-hybridized carbons (Fsp3) is 0.250. The number of fused-ring (bicyclic) bond motifs is 1. The zero-order chi connectivity index (χ0) is 12.6. The molecule has 0 fully saturated rings. The molecule has 9 heteroatoms. The topological polar surface area (TPSA) is 153 Å². The van der Waals surface area contributed by atoms with Crippen molar-refractivity contribution in [2.45, 2.75) is 12.6 Å². The number of carboxylic acid groups (broad SMARTS) is 1. The second kappa shape index (κ2) is 3.87. The Morgan fingerprint density at radius 1 is 1.65 bits per heavy atom. The molecule has 0 aliphatic rings. The first-order chi connectivity index (χ1) is 7.99. The van der Waals surface area contributed by atoms with E-state index in [1.807, 2.05) is 0 Å². The number of anilines is 1. The Balaban J connectivity index is 2.49. The SMILES string of the molecule is Nc1nc2c(ncn2CC(N)C(=O)O)c(=O)[nH]1. The van der Waals surface area contributed by atoms with E-state index in [1.54, 1.807) is 0 Å². The number of aromatic nitrogens is 4. The van der Waals surface area contributed by atoms with Crippen LogP contribution in [0.2, 0.25) is 0 Å². The summed E-state index contributed by atoms with van der Waals surface area (Å²) in [7, 11) is 0. The molecule has 0 saturated carbocycles. The van der Waals surface area contributed by atoms with Gasteiger partial charge in [0.05, 0.1) is 12.9 Å². The molecule has 0 saturated heterocycles. The molecule has 0 aliphatic heterocycles. The van der Waals surface area contributed by atoms with Crippen LogP contribution in [0.25, 0.3) is 11.2 Å². The molecule has 6 N–H and O–H groups in total. The number of rotatable bonds is 3. The molecule has 0 radical (unpaired) electrons. The summed E-state index contributed by atoms with van der Waals surface area (Å²) in [5, 5.41) is 8.69. The van der Waals surface area contributed by atoms with Gasteiger partial charge in [0.2, 0.25) is 5.95 Å². The van der Waals surface area contributed by atoms with Crippen LogP contribution in [-0.4, -0.2) is 36.6 Å². The number of carboxylic acids is 1. The molecule has 2 heterocycles. The maximum Gasteiger partial charge on any atom is 0.322 e. The summed E-state index contributed by atoms with van der Waals surface area (Å²) in [4.78, 5) is 32.1. The van der Waals surface area contributed by atoms with Crippen LogP contribution in [0.5, 0.6) is 0 Å². The first kappa shape index (κ1) is 11.1. The van der Waals surface area contributed by atoms with E-state index < -0.39 is 17.6 Å². The van der Waals surface area contributed by atoms with Gasteiger partial charge in [0.15, 0.2) is 11.2 Å². The minimum absolute atomic E-state index is 0.0400. The average Bonchev–Trinajstić information content (AvgIpc) is 2.61. The van der Waals surface area contributed by atoms with Gasteiger partial charge in [-0.3, -0.25) is 14.6 Å². The average molecular weight is 238 g/mol. The zero-order valence-corrected chi connectivity index (χ0v) is 8.62. The van der Waals surface area contributed by atoms with E-state index in [-0.39, 0.29) is 23.7 Å². The van der Waals surface area contributed by atoms with Crippen molar-refractivity contribution in [1.29, 1.82) is 0 Å². The van der Waals surface area contributed by atoms with E-state index in [2.05, 4.69) is 15.0 Å². The van der Waals surface area contributed by atoms with Gasteiger partial charge in [-0.15, -0.1) is 0 Å². The van der Waals surface area contributed by atoms with Crippen molar-refractivity contribution in [3.63, 3.8) is 0 Å². The van der Waals surface area contributed by atoms with Crippen LogP contribution in [0.1, 0.15) is 0 Å². The van der Waals surface area contributed by atoms with E-state index in [4.69, 9.17) is 16.6 Å². The highest BCUT2D eigenvalue weighted by Crippen LogP contribution is 2.06. The molecule has 2 aromatic rings. The minimum Gasteiger partial charge on any atom is -0.480 e. The lowest BCUT2D eigenvalue weighted by molar-refractivity contribution is -0.138. The number of carbonyl (C=O) groups is 1. The Morgan fingerprint density at radius 3 is 3.00 bits per heavy atom. The smallest absolute Gasteiger partial charge is 0.322 e. The van der Waals surface area contributed by atoms with Crippen molar-refractivity contribution >= 4 is 23.1 Å². The molecule has 0 amide bonds. The molecule has 2 aromatic heterocycles. The Bertz CT molecular complexity index is 630. The fourth-order valence-electron chi connectivity index (χ4n) is 1.39. The molecule has 0 aliphatic carbocycles. The van der Waals surface area contributed by atoms with Gasteiger partial charge in [-0.25, -0.2) is 4.98 Å². The van der Waals surface area contributed by atoms with Crippen molar-refractivity contribution in [2.24, 2.45) is 5.73 Å². The van der Waals surface area contributed by atoms with Crippen molar-refractivity contribution in [3.8, 4) is 0 Å². The Hall–Kier alpha value is -2.42. The van der Waals surface area contributed by atoms with Crippen LogP contribution in [0.15, 0.2) is 11.1 Å². The molecule has 1 atom stereocenters. The number of aliphatic carboxylic acids is 1. The third-order valence-corrected chi connectivity index (χ3v) is 2.20. The van der Waals surface area contributed by atoms with Crippen LogP contribution in [0.3, 0.4) is 0 Å². The number of nitrogens with zero attached hydrogens (tertiary/aromatic N) is 3. The van der Waals surface area contributed by atoms with Crippen LogP contribution in [0.4, 0.5) is 5.95 Å². The van der Waals surface area contributed by atoms with Crippen molar-refractivity contribution in [1.82, 2.24) is 19.5 Å². The predicted molar refractivity (Wildman–Crippen MR) is 58.2 cm³/mol. The van der Waals surface area contributed by atoms with Gasteiger partial charge in [-0.2, -0.15) is 4.98 Å². The van der Waals surface area contributed by atoms with E-state index in [9.17, 15) is 9.59 Å². The van der Waals surface area contributed by atoms with E-state index in [0.717, 1.165) is 0 Å². The fourth-order valence-corrected chi connectivity index (χ4v) is 1.39. The number of nitrogen functional groups attached to an aromatic ring is 1. The highest BCUT2D eigenvalue weighted by Gasteiger charge is 2.15. The summed E-state index contributed by atoms with van der Waals surface area (Å²) < 4.78 is 1.37. The lowest BCUT2D eigenvalue weighted by Gasteiger charge is -2.07. The standard InChI is InChI=1S/C8H10N6O3/c9-3(7(16)17)1-14-2-11-4-5(14)12-8(10)13-6(4)15/h2-3H,1,9H2,(H,16,17)(H3,10,12,13,15). The normalized spacial score (nSPS) is 12.8. The summed E-state index contributed by atoms with van der Waals surface area (Å²) in [6, 6.07) is -1.10. The largest absolute Gasteiger partial charge is 0.480 e. The maximum atomic E-state index is 11.4. The van der Waals surface area contributed by atoms with E-state index >= 15 is 0 Å². The van der Waals surface area contributed by atoms with Crippen molar-refractivity contribution in [3.05, 3.63) is 16.7 Å². The molecule has 0 bridgehead atoms. The number of nitrogens with two attached hydrogens (primary N) is 2. The lowest BCUT2D eigenvalue weighted by Crippen LogP contribution is -2.34. The monoisotopic (exact) mass is 238 g/mol. The second-order valence-electron chi connectivity index (χ2n) is 3.47. The summed E-state index contributed by atoms with van der Waals surface area (Å²) in [6.07, 6.45) is 1.30. The molecule has 2 rings (SSSR count). The number of nitrogens with one attached hydrogen (secondary N) is 1. The second-order valence-corrected chi connectivity index (χ2v) is 3.47. The third kappa shape index (κ3) is 1.95. The first-order valence-electron chi connectivity index (χ1n) is 4.68. The van der Waals surface area contributed by atoms with Crippen LogP contribution < -0.4 is 17.0 Å². The molecule has 90 valence electrons. The molecular weight excluding hydrogens is 228 g/mol. The summed E-state index contributed by atoms with van der Waals surface area (Å²) in [5.74, 6) is -1.21. The summed E-state index contributed by atoms with van der Waals surface area (Å²) in [6.45, 7) is -0.0400. The van der Waals surface area contributed by atoms with Crippen molar-refractivity contribution in [2.75, 3.05) is 5.73 Å². The number of hydrogen-bond donors (Lipinski definition) is 4. The Labute approximate surface area is 94.1 Å². The molecular formula is C8H10N6O3. The third-order valence-electron chi connectivity index (χ3n) is 2.20. The van der Waals surface area contributed by atoms with Crippen LogP contribution >= 0.6 is 0 Å². The number of H-pyrrole nitrogens is 1. The van der Waals surface area contributed by atoms with E-state index in [1.165, 1.54) is 10.9 Å². The predicted octanol–water partition coefficient (Wildman–Crippen LogP) is -1.89. The molecule has 0 spiro atoms. The van der Waals surface area contributed by atoms with Gasteiger partial charge in [-0.1, -0.05) is 0 Å². The molecule has 17 heavy (non-hydrogen) atoms. The van der Waals surface area contributed by atoms with Crippen LogP contribution in [0, 0.1) is 0 Å². The van der Waals surface area contributed by atoms with Crippen LogP contribution in [-0.2, 0) is 11.3 Å². The maximum absolute atomic E-state index is 11.4. The quantitative estimate of drug-likeness (QED) is 0.487. The number of hydrogen-bond acceptors (Lipinski definition) is 6. The molecule has 0 aromatic carbocycles.